The number of benzene rings is 1. The number of nitrogens with one attached hydrogen (secondary N) is 1. The topological polar surface area (TPSA) is 28.3 Å². The van der Waals surface area contributed by atoms with Gasteiger partial charge in [0.05, 0.1) is 13.2 Å². The van der Waals surface area contributed by atoms with Gasteiger partial charge < -0.3 is 14.6 Å². The largest absolute Gasteiger partial charge is 0.378 e. The predicted molar refractivity (Wildman–Crippen MR) is 74.5 cm³/mol. The second-order valence-corrected chi connectivity index (χ2v) is 4.54. The summed E-state index contributed by atoms with van der Waals surface area (Å²) in [4.78, 5) is 6.40. The lowest BCUT2D eigenvalue weighted by molar-refractivity contribution is 0.0693. The number of rotatable bonds is 1. The van der Waals surface area contributed by atoms with Gasteiger partial charge in [-0.25, -0.2) is 0 Å². The Bertz CT molecular complexity index is 549. The minimum absolute atomic E-state index is 0. The molecule has 0 radical (unpaired) electrons. The van der Waals surface area contributed by atoms with Gasteiger partial charge in [-0.05, 0) is 6.07 Å². The molecule has 90 valence electrons. The molecule has 0 amide bonds. The molecule has 2 aromatic rings. The van der Waals surface area contributed by atoms with Crippen LogP contribution in [0.4, 0.5) is 0 Å². The molecule has 1 aromatic carbocycles. The maximum absolute atomic E-state index is 5.57. The van der Waals surface area contributed by atoms with E-state index < -0.39 is 0 Å². The van der Waals surface area contributed by atoms with Gasteiger partial charge in [-0.3, -0.25) is 0 Å². The fourth-order valence-corrected chi connectivity index (χ4v) is 2.54. The molecule has 1 aliphatic heterocycles. The van der Waals surface area contributed by atoms with E-state index in [1.54, 1.807) is 0 Å². The standard InChI is InChI=1S/C13H14N2OS.H2/c17-13(15-5-7-16-8-6-15)11-9-14-12-4-2-1-3-10(11)12;/h1-4,9,14H,5-8H2;1H. The zero-order valence-electron chi connectivity index (χ0n) is 9.48. The van der Waals surface area contributed by atoms with E-state index in [9.17, 15) is 0 Å². The van der Waals surface area contributed by atoms with Crippen LogP contribution < -0.4 is 0 Å². The highest BCUT2D eigenvalue weighted by molar-refractivity contribution is 7.80. The molecule has 0 atom stereocenters. The summed E-state index contributed by atoms with van der Waals surface area (Å²) >= 11 is 5.57. The van der Waals surface area contributed by atoms with Crippen molar-refractivity contribution in [1.29, 1.82) is 0 Å². The third-order valence-electron chi connectivity index (χ3n) is 3.12. The molecule has 1 aromatic heterocycles. The van der Waals surface area contributed by atoms with Gasteiger partial charge in [0.2, 0.25) is 0 Å². The van der Waals surface area contributed by atoms with Crippen molar-refractivity contribution < 1.29 is 6.16 Å². The summed E-state index contributed by atoms with van der Waals surface area (Å²) < 4.78 is 5.35. The number of hydrogen-bond acceptors (Lipinski definition) is 2. The molecule has 3 nitrogen and oxygen atoms in total. The van der Waals surface area contributed by atoms with Gasteiger partial charge in [0.25, 0.3) is 0 Å². The van der Waals surface area contributed by atoms with Crippen molar-refractivity contribution in [1.82, 2.24) is 9.88 Å². The summed E-state index contributed by atoms with van der Waals surface area (Å²) in [5.41, 5.74) is 2.26. The Balaban J connectivity index is 0.00000120. The molecule has 4 heteroatoms. The average Bonchev–Trinajstić information content (AvgIpc) is 2.83. The van der Waals surface area contributed by atoms with Crippen LogP contribution in [0.15, 0.2) is 30.5 Å². The average molecular weight is 248 g/mol. The van der Waals surface area contributed by atoms with E-state index in [4.69, 9.17) is 17.0 Å². The lowest BCUT2D eigenvalue weighted by Crippen LogP contribution is -2.40. The van der Waals surface area contributed by atoms with Gasteiger partial charge in [0, 0.05) is 37.2 Å². The molecule has 1 N–H and O–H groups in total. The summed E-state index contributed by atoms with van der Waals surface area (Å²) in [6, 6.07) is 8.25. The van der Waals surface area contributed by atoms with Gasteiger partial charge in [0.15, 0.2) is 0 Å². The van der Waals surface area contributed by atoms with Crippen molar-refractivity contribution in [2.45, 2.75) is 0 Å². The number of hydrogen-bond donors (Lipinski definition) is 1. The minimum Gasteiger partial charge on any atom is -0.378 e. The Morgan fingerprint density at radius 2 is 2.06 bits per heavy atom. The van der Waals surface area contributed by atoms with Crippen molar-refractivity contribution in [3.63, 3.8) is 0 Å². The van der Waals surface area contributed by atoms with Crippen LogP contribution in [0.25, 0.3) is 10.9 Å². The van der Waals surface area contributed by atoms with Crippen molar-refractivity contribution in [3.8, 4) is 0 Å². The maximum Gasteiger partial charge on any atom is 0.111 e. The SMILES string of the molecule is S=C(c1c[nH]c2ccccc12)N1CCOCC1.[HH]. The lowest BCUT2D eigenvalue weighted by atomic mass is 10.1. The third-order valence-corrected chi connectivity index (χ3v) is 3.60. The number of morpholine rings is 1. The highest BCUT2D eigenvalue weighted by atomic mass is 32.1. The fraction of sp³-hybridized carbons (Fsp3) is 0.308. The van der Waals surface area contributed by atoms with E-state index in [2.05, 4.69) is 22.0 Å². The van der Waals surface area contributed by atoms with Crippen LogP contribution in [-0.4, -0.2) is 41.2 Å². The number of nitrogens with zero attached hydrogens (tertiary/aromatic N) is 1. The van der Waals surface area contributed by atoms with Crippen LogP contribution in [-0.2, 0) is 4.74 Å². The van der Waals surface area contributed by atoms with E-state index in [0.29, 0.717) is 0 Å². The molecule has 0 unspecified atom stereocenters. The van der Waals surface area contributed by atoms with Crippen LogP contribution >= 0.6 is 12.2 Å². The number of aromatic amines is 1. The molecular weight excluding hydrogens is 232 g/mol. The van der Waals surface area contributed by atoms with Gasteiger partial charge in [-0.1, -0.05) is 30.4 Å². The van der Waals surface area contributed by atoms with Crippen molar-refractivity contribution >= 4 is 28.1 Å². The smallest absolute Gasteiger partial charge is 0.111 e. The minimum atomic E-state index is 0. The lowest BCUT2D eigenvalue weighted by Gasteiger charge is -2.28. The molecule has 0 saturated carbocycles. The van der Waals surface area contributed by atoms with Crippen molar-refractivity contribution in [3.05, 3.63) is 36.0 Å². The molecule has 3 rings (SSSR count). The molecule has 17 heavy (non-hydrogen) atoms. The van der Waals surface area contributed by atoms with Gasteiger partial charge in [-0.2, -0.15) is 0 Å². The number of aromatic nitrogens is 1. The van der Waals surface area contributed by atoms with Gasteiger partial charge in [0.1, 0.15) is 4.99 Å². The van der Waals surface area contributed by atoms with Crippen LogP contribution in [0.1, 0.15) is 6.99 Å². The number of thiocarbonyl (C=S) groups is 1. The predicted octanol–water partition coefficient (Wildman–Crippen LogP) is 2.42. The van der Waals surface area contributed by atoms with Gasteiger partial charge >= 0.3 is 0 Å². The highest BCUT2D eigenvalue weighted by Gasteiger charge is 2.17. The second-order valence-electron chi connectivity index (χ2n) is 4.15. The van der Waals surface area contributed by atoms with Crippen LogP contribution in [0.2, 0.25) is 0 Å². The maximum atomic E-state index is 5.57. The third kappa shape index (κ3) is 1.94. The summed E-state index contributed by atoms with van der Waals surface area (Å²) in [5.74, 6) is 0. The van der Waals surface area contributed by atoms with E-state index in [1.807, 2.05) is 18.3 Å². The van der Waals surface area contributed by atoms with Gasteiger partial charge in [-0.15, -0.1) is 0 Å². The van der Waals surface area contributed by atoms with Crippen LogP contribution in [0.3, 0.4) is 0 Å². The Hall–Kier alpha value is -1.39. The molecule has 1 aliphatic rings. The first-order chi connectivity index (χ1) is 8.36. The quantitative estimate of drug-likeness (QED) is 0.786. The zero-order chi connectivity index (χ0) is 11.7. The first-order valence-corrected chi connectivity index (χ1v) is 6.20. The molecule has 2 heterocycles. The Kier molecular flexibility index (Phi) is 2.82. The molecule has 1 fully saturated rings. The van der Waals surface area contributed by atoms with E-state index in [0.717, 1.165) is 42.4 Å². The summed E-state index contributed by atoms with van der Waals surface area (Å²) in [6.45, 7) is 3.31. The molecular formula is C13H16N2OS. The second kappa shape index (κ2) is 4.47. The Labute approximate surface area is 107 Å². The summed E-state index contributed by atoms with van der Waals surface area (Å²) in [6.07, 6.45) is 2.00. The molecule has 0 aliphatic carbocycles. The first kappa shape index (κ1) is 10.7. The van der Waals surface area contributed by atoms with Crippen LogP contribution in [0, 0.1) is 0 Å². The number of H-pyrrole nitrogens is 1. The zero-order valence-corrected chi connectivity index (χ0v) is 10.3. The Morgan fingerprint density at radius 3 is 2.88 bits per heavy atom. The number of fused-ring (bicyclic) bond motifs is 1. The molecule has 0 spiro atoms. The Morgan fingerprint density at radius 1 is 1.29 bits per heavy atom. The fourth-order valence-electron chi connectivity index (χ4n) is 2.19. The van der Waals surface area contributed by atoms with Crippen LogP contribution in [0.5, 0.6) is 0 Å². The highest BCUT2D eigenvalue weighted by Crippen LogP contribution is 2.20. The summed E-state index contributed by atoms with van der Waals surface area (Å²) in [5, 5.41) is 1.20. The van der Waals surface area contributed by atoms with E-state index >= 15 is 0 Å². The monoisotopic (exact) mass is 248 g/mol. The number of ether oxygens (including phenoxy) is 1. The first-order valence-electron chi connectivity index (χ1n) is 5.79. The van der Waals surface area contributed by atoms with E-state index in [1.165, 1.54) is 5.39 Å². The molecule has 1 saturated heterocycles. The van der Waals surface area contributed by atoms with E-state index in [-0.39, 0.29) is 1.43 Å². The van der Waals surface area contributed by atoms with Crippen molar-refractivity contribution in [2.24, 2.45) is 0 Å². The molecule has 0 bridgehead atoms. The summed E-state index contributed by atoms with van der Waals surface area (Å²) in [7, 11) is 0. The van der Waals surface area contributed by atoms with Crippen molar-refractivity contribution in [2.75, 3.05) is 26.3 Å². The normalized spacial score (nSPS) is 16.4. The number of para-hydroxylation sites is 1.